The molecule has 10 heavy (non-hydrogen) atoms. The summed E-state index contributed by atoms with van der Waals surface area (Å²) in [5.41, 5.74) is 0.208. The second kappa shape index (κ2) is 2.79. The molecule has 0 aliphatic rings. The van der Waals surface area contributed by atoms with E-state index in [4.69, 9.17) is 5.11 Å². The summed E-state index contributed by atoms with van der Waals surface area (Å²) in [5, 5.41) is 11.5. The Morgan fingerprint density at radius 1 is 1.50 bits per heavy atom. The van der Waals surface area contributed by atoms with Crippen LogP contribution < -0.4 is 0 Å². The van der Waals surface area contributed by atoms with E-state index in [1.807, 2.05) is 0 Å². The molecule has 1 aromatic carbocycles. The summed E-state index contributed by atoms with van der Waals surface area (Å²) in [7, 11) is 0. The van der Waals surface area contributed by atoms with Gasteiger partial charge < -0.3 is 5.11 Å². The van der Waals surface area contributed by atoms with E-state index in [9.17, 15) is 4.91 Å². The van der Waals surface area contributed by atoms with Crippen molar-refractivity contribution < 1.29 is 5.11 Å². The molecule has 1 aromatic rings. The maximum Gasteiger partial charge on any atom is 0.125 e. The van der Waals surface area contributed by atoms with Crippen LogP contribution in [0.3, 0.4) is 0 Å². The topological polar surface area (TPSA) is 49.7 Å². The Bertz CT molecular complexity index is 262. The van der Waals surface area contributed by atoms with Gasteiger partial charge in [0.25, 0.3) is 0 Å². The molecular formula is C6H4BrNO2. The van der Waals surface area contributed by atoms with Crippen LogP contribution >= 0.6 is 15.9 Å². The Hall–Kier alpha value is -0.900. The molecule has 0 radical (unpaired) electrons. The highest BCUT2D eigenvalue weighted by Gasteiger charge is 1.98. The van der Waals surface area contributed by atoms with E-state index < -0.39 is 0 Å². The van der Waals surface area contributed by atoms with Crippen LogP contribution in [0.25, 0.3) is 0 Å². The molecule has 0 aliphatic carbocycles. The van der Waals surface area contributed by atoms with Crippen molar-refractivity contribution in [1.29, 1.82) is 0 Å². The van der Waals surface area contributed by atoms with Gasteiger partial charge in [-0.15, -0.1) is 4.91 Å². The maximum absolute atomic E-state index is 9.99. The number of hydrogen-bond donors (Lipinski definition) is 1. The summed E-state index contributed by atoms with van der Waals surface area (Å²) >= 11 is 3.09. The van der Waals surface area contributed by atoms with E-state index >= 15 is 0 Å². The van der Waals surface area contributed by atoms with Crippen LogP contribution in [0, 0.1) is 4.91 Å². The fourth-order valence-corrected chi connectivity index (χ4v) is 0.890. The van der Waals surface area contributed by atoms with Gasteiger partial charge in [0.05, 0.1) is 0 Å². The molecule has 0 atom stereocenters. The van der Waals surface area contributed by atoms with Crippen LogP contribution in [-0.4, -0.2) is 5.11 Å². The smallest absolute Gasteiger partial charge is 0.125 e. The van der Waals surface area contributed by atoms with Crippen molar-refractivity contribution in [3.05, 3.63) is 27.6 Å². The molecular weight excluding hydrogens is 198 g/mol. The normalized spacial score (nSPS) is 9.30. The molecule has 4 heteroatoms. The number of nitroso groups, excluding NO2 is 1. The Labute approximate surface area is 65.8 Å². The zero-order valence-electron chi connectivity index (χ0n) is 4.91. The lowest BCUT2D eigenvalue weighted by atomic mass is 10.3. The van der Waals surface area contributed by atoms with Gasteiger partial charge in [-0.1, -0.05) is 0 Å². The van der Waals surface area contributed by atoms with Gasteiger partial charge in [-0.2, -0.15) is 0 Å². The molecule has 0 fully saturated rings. The summed E-state index contributed by atoms with van der Waals surface area (Å²) < 4.78 is 0.584. The summed E-state index contributed by atoms with van der Waals surface area (Å²) in [5.74, 6) is 0.0396. The Morgan fingerprint density at radius 3 is 2.70 bits per heavy atom. The van der Waals surface area contributed by atoms with E-state index in [2.05, 4.69) is 21.1 Å². The molecule has 0 unspecified atom stereocenters. The van der Waals surface area contributed by atoms with Crippen LogP contribution in [-0.2, 0) is 0 Å². The van der Waals surface area contributed by atoms with Crippen LogP contribution in [0.4, 0.5) is 5.69 Å². The zero-order chi connectivity index (χ0) is 7.56. The van der Waals surface area contributed by atoms with Gasteiger partial charge >= 0.3 is 0 Å². The minimum atomic E-state index is 0.0396. The highest BCUT2D eigenvalue weighted by molar-refractivity contribution is 9.10. The third-order valence-electron chi connectivity index (χ3n) is 1.03. The number of phenolic OH excluding ortho intramolecular Hbond substituents is 1. The number of hydrogen-bond acceptors (Lipinski definition) is 3. The second-order valence-corrected chi connectivity index (χ2v) is 2.58. The average molecular weight is 202 g/mol. The highest BCUT2D eigenvalue weighted by atomic mass is 79.9. The first-order valence-electron chi connectivity index (χ1n) is 2.56. The molecule has 52 valence electrons. The van der Waals surface area contributed by atoms with Crippen LogP contribution in [0.15, 0.2) is 27.8 Å². The summed E-state index contributed by atoms with van der Waals surface area (Å²) in [6.07, 6.45) is 0. The van der Waals surface area contributed by atoms with E-state index in [0.29, 0.717) is 4.47 Å². The first-order valence-corrected chi connectivity index (χ1v) is 3.35. The summed E-state index contributed by atoms with van der Waals surface area (Å²) in [4.78, 5) is 9.99. The van der Waals surface area contributed by atoms with E-state index in [1.165, 1.54) is 12.1 Å². The fourth-order valence-electron chi connectivity index (χ4n) is 0.571. The third kappa shape index (κ3) is 1.33. The molecule has 0 aromatic heterocycles. The summed E-state index contributed by atoms with van der Waals surface area (Å²) in [6.45, 7) is 0. The van der Waals surface area contributed by atoms with Gasteiger partial charge in [0.2, 0.25) is 0 Å². The van der Waals surface area contributed by atoms with E-state index in [0.717, 1.165) is 0 Å². The maximum atomic E-state index is 9.99. The van der Waals surface area contributed by atoms with Crippen molar-refractivity contribution in [3.63, 3.8) is 0 Å². The lowest BCUT2D eigenvalue weighted by Crippen LogP contribution is -1.66. The van der Waals surface area contributed by atoms with Gasteiger partial charge in [-0.3, -0.25) is 0 Å². The second-order valence-electron chi connectivity index (χ2n) is 1.73. The molecule has 0 bridgehead atoms. The van der Waals surface area contributed by atoms with Crippen LogP contribution in [0.5, 0.6) is 5.75 Å². The zero-order valence-corrected chi connectivity index (χ0v) is 6.50. The van der Waals surface area contributed by atoms with Gasteiger partial charge in [0, 0.05) is 10.5 Å². The molecule has 0 spiro atoms. The van der Waals surface area contributed by atoms with Crippen molar-refractivity contribution in [2.24, 2.45) is 5.18 Å². The van der Waals surface area contributed by atoms with E-state index in [1.54, 1.807) is 6.07 Å². The Morgan fingerprint density at radius 2 is 2.20 bits per heavy atom. The van der Waals surface area contributed by atoms with Gasteiger partial charge in [-0.05, 0) is 33.2 Å². The number of rotatable bonds is 1. The first-order chi connectivity index (χ1) is 4.74. The number of benzene rings is 1. The largest absolute Gasteiger partial charge is 0.508 e. The number of aromatic hydroxyl groups is 1. The van der Waals surface area contributed by atoms with Gasteiger partial charge in [0.15, 0.2) is 0 Å². The molecule has 0 saturated heterocycles. The van der Waals surface area contributed by atoms with Crippen molar-refractivity contribution in [2.45, 2.75) is 0 Å². The summed E-state index contributed by atoms with van der Waals surface area (Å²) in [6, 6.07) is 4.32. The van der Waals surface area contributed by atoms with E-state index in [-0.39, 0.29) is 11.4 Å². The van der Waals surface area contributed by atoms with Crippen molar-refractivity contribution in [1.82, 2.24) is 0 Å². The average Bonchev–Trinajstić information content (AvgIpc) is 1.94. The molecule has 0 amide bonds. The Balaban J connectivity index is 3.21. The minimum Gasteiger partial charge on any atom is -0.508 e. The monoisotopic (exact) mass is 201 g/mol. The van der Waals surface area contributed by atoms with Crippen molar-refractivity contribution >= 4 is 21.6 Å². The first kappa shape index (κ1) is 7.21. The fraction of sp³-hybridized carbons (Fsp3) is 0. The lowest BCUT2D eigenvalue weighted by Gasteiger charge is -1.93. The van der Waals surface area contributed by atoms with Crippen LogP contribution in [0.1, 0.15) is 0 Å². The quantitative estimate of drug-likeness (QED) is 0.711. The molecule has 1 N–H and O–H groups in total. The minimum absolute atomic E-state index is 0.0396. The molecule has 3 nitrogen and oxygen atoms in total. The van der Waals surface area contributed by atoms with Crippen molar-refractivity contribution in [2.75, 3.05) is 0 Å². The molecule has 1 rings (SSSR count). The molecule has 0 heterocycles. The molecule has 0 aliphatic heterocycles. The van der Waals surface area contributed by atoms with Crippen molar-refractivity contribution in [3.8, 4) is 5.75 Å². The number of phenols is 1. The predicted octanol–water partition coefficient (Wildman–Crippen LogP) is 2.55. The SMILES string of the molecule is O=Nc1cc(O)ccc1Br. The third-order valence-corrected chi connectivity index (χ3v) is 1.70. The Kier molecular flexibility index (Phi) is 2.01. The van der Waals surface area contributed by atoms with Crippen LogP contribution in [0.2, 0.25) is 0 Å². The van der Waals surface area contributed by atoms with Gasteiger partial charge in [0.1, 0.15) is 11.4 Å². The molecule has 0 saturated carbocycles. The number of nitrogens with zero attached hydrogens (tertiary/aromatic N) is 1. The number of halogens is 1. The predicted molar refractivity (Wildman–Crippen MR) is 41.3 cm³/mol. The highest BCUT2D eigenvalue weighted by Crippen LogP contribution is 2.28. The lowest BCUT2D eigenvalue weighted by molar-refractivity contribution is 0.475. The standard InChI is InChI=1S/C6H4BrNO2/c7-5-2-1-4(9)3-6(5)8-10/h1-3,9H. The van der Waals surface area contributed by atoms with Gasteiger partial charge in [-0.25, -0.2) is 0 Å².